The Kier molecular flexibility index (Phi) is 2.37. The molecular formula is C13H19O3. The molecule has 0 aromatic carbocycles. The largest absolute Gasteiger partial charge is 0.509 e. The highest BCUT2D eigenvalue weighted by Crippen LogP contribution is 2.57. The molecule has 0 aromatic heterocycles. The lowest BCUT2D eigenvalue weighted by Crippen LogP contribution is -2.52. The Balaban J connectivity index is 1.71. The number of ether oxygens (including phenoxy) is 2. The molecule has 0 spiro atoms. The molecule has 0 saturated heterocycles. The summed E-state index contributed by atoms with van der Waals surface area (Å²) in [4.78, 5) is 11.5. The zero-order chi connectivity index (χ0) is 11.2. The highest BCUT2D eigenvalue weighted by Gasteiger charge is 2.53. The van der Waals surface area contributed by atoms with E-state index >= 15 is 0 Å². The lowest BCUT2D eigenvalue weighted by atomic mass is 9.54. The van der Waals surface area contributed by atoms with Crippen molar-refractivity contribution < 1.29 is 14.3 Å². The fourth-order valence-electron chi connectivity index (χ4n) is 4.45. The van der Waals surface area contributed by atoms with Crippen LogP contribution in [0.5, 0.6) is 0 Å². The normalized spacial score (nSPS) is 44.4. The van der Waals surface area contributed by atoms with Gasteiger partial charge in [0.15, 0.2) is 0 Å². The van der Waals surface area contributed by atoms with Crippen LogP contribution in [0.2, 0.25) is 0 Å². The molecule has 0 aliphatic heterocycles. The molecule has 0 atom stereocenters. The van der Waals surface area contributed by atoms with Crippen molar-refractivity contribution in [1.82, 2.24) is 0 Å². The molecule has 4 aliphatic rings. The minimum Gasteiger partial charge on any atom is -0.428 e. The first kappa shape index (κ1) is 10.4. The zero-order valence-electron chi connectivity index (χ0n) is 9.78. The predicted molar refractivity (Wildman–Crippen MR) is 58.4 cm³/mol. The van der Waals surface area contributed by atoms with Crippen molar-refractivity contribution >= 4 is 6.16 Å². The van der Waals surface area contributed by atoms with E-state index in [1.54, 1.807) is 6.92 Å². The van der Waals surface area contributed by atoms with Gasteiger partial charge in [0.05, 0.1) is 0 Å². The fraction of sp³-hybridized carbons (Fsp3) is 0.846. The molecular weight excluding hydrogens is 204 g/mol. The second-order valence-corrected chi connectivity index (χ2v) is 5.81. The van der Waals surface area contributed by atoms with E-state index < -0.39 is 6.16 Å². The Morgan fingerprint density at radius 1 is 1.12 bits per heavy atom. The van der Waals surface area contributed by atoms with Crippen molar-refractivity contribution in [2.24, 2.45) is 17.8 Å². The average Bonchev–Trinajstić information content (AvgIpc) is 2.13. The first-order chi connectivity index (χ1) is 7.69. The lowest BCUT2D eigenvalue weighted by molar-refractivity contribution is -0.139. The molecule has 4 bridgehead atoms. The van der Waals surface area contributed by atoms with Crippen molar-refractivity contribution in [2.75, 3.05) is 0 Å². The summed E-state index contributed by atoms with van der Waals surface area (Å²) < 4.78 is 10.4. The summed E-state index contributed by atoms with van der Waals surface area (Å²) in [7, 11) is 0. The quantitative estimate of drug-likeness (QED) is 0.674. The van der Waals surface area contributed by atoms with Gasteiger partial charge in [0.25, 0.3) is 0 Å². The average molecular weight is 223 g/mol. The molecule has 4 rings (SSSR count). The molecule has 3 heteroatoms. The summed E-state index contributed by atoms with van der Waals surface area (Å²) in [5, 5.41) is 0. The Bertz CT molecular complexity index is 262. The topological polar surface area (TPSA) is 35.5 Å². The van der Waals surface area contributed by atoms with E-state index in [4.69, 9.17) is 9.47 Å². The van der Waals surface area contributed by atoms with Crippen LogP contribution in [0.15, 0.2) is 0 Å². The minimum absolute atomic E-state index is 0.172. The van der Waals surface area contributed by atoms with Gasteiger partial charge in [-0.25, -0.2) is 4.79 Å². The second kappa shape index (κ2) is 3.64. The Hall–Kier alpha value is -0.730. The molecule has 3 nitrogen and oxygen atoms in total. The number of hydrogen-bond acceptors (Lipinski definition) is 3. The van der Waals surface area contributed by atoms with Gasteiger partial charge >= 0.3 is 6.16 Å². The van der Waals surface area contributed by atoms with Gasteiger partial charge < -0.3 is 9.47 Å². The van der Waals surface area contributed by atoms with Gasteiger partial charge in [-0.3, -0.25) is 0 Å². The van der Waals surface area contributed by atoms with Gasteiger partial charge in [0, 0.05) is 0 Å². The predicted octanol–water partition coefficient (Wildman–Crippen LogP) is 3.29. The molecule has 0 N–H and O–H groups in total. The number of carbonyl (C=O) groups excluding carboxylic acids is 1. The third-order valence-corrected chi connectivity index (χ3v) is 4.50. The van der Waals surface area contributed by atoms with Gasteiger partial charge in [-0.2, -0.15) is 0 Å². The van der Waals surface area contributed by atoms with Crippen LogP contribution in [0, 0.1) is 24.4 Å². The van der Waals surface area contributed by atoms with Gasteiger partial charge in [-0.1, -0.05) is 0 Å². The van der Waals surface area contributed by atoms with Gasteiger partial charge in [0.2, 0.25) is 0 Å². The first-order valence-corrected chi connectivity index (χ1v) is 6.36. The summed E-state index contributed by atoms with van der Waals surface area (Å²) in [6, 6.07) is 0. The molecule has 4 fully saturated rings. The molecule has 89 valence electrons. The van der Waals surface area contributed by atoms with Crippen LogP contribution in [0.3, 0.4) is 0 Å². The number of rotatable bonds is 2. The lowest BCUT2D eigenvalue weighted by Gasteiger charge is -2.55. The third-order valence-electron chi connectivity index (χ3n) is 4.50. The smallest absolute Gasteiger partial charge is 0.428 e. The van der Waals surface area contributed by atoms with Crippen molar-refractivity contribution in [3.05, 3.63) is 6.61 Å². The highest BCUT2D eigenvalue weighted by molar-refractivity contribution is 5.61. The van der Waals surface area contributed by atoms with Crippen LogP contribution in [0.1, 0.15) is 45.4 Å². The molecule has 0 unspecified atom stereocenters. The van der Waals surface area contributed by atoms with Crippen LogP contribution >= 0.6 is 0 Å². The minimum atomic E-state index is -0.510. The van der Waals surface area contributed by atoms with E-state index in [1.165, 1.54) is 25.9 Å². The van der Waals surface area contributed by atoms with E-state index in [0.29, 0.717) is 0 Å². The molecule has 4 aliphatic carbocycles. The Morgan fingerprint density at radius 3 is 2.06 bits per heavy atom. The molecule has 16 heavy (non-hydrogen) atoms. The number of carbonyl (C=O) groups is 1. The molecule has 1 radical (unpaired) electrons. The summed E-state index contributed by atoms with van der Waals surface area (Å²) in [6.07, 6.45) is 6.77. The van der Waals surface area contributed by atoms with Crippen LogP contribution in [0.4, 0.5) is 4.79 Å². The standard InChI is InChI=1S/C13H19O3/c1-2-15-12(14)16-13-6-9-3-10(7-13)5-11(4-9)8-13/h2,9-11H,3-8H2,1H3. The third kappa shape index (κ3) is 1.70. The van der Waals surface area contributed by atoms with Gasteiger partial charge in [-0.05, 0) is 63.2 Å². The van der Waals surface area contributed by atoms with Crippen LogP contribution in [0.25, 0.3) is 0 Å². The summed E-state index contributed by atoms with van der Waals surface area (Å²) in [5.74, 6) is 2.39. The maximum Gasteiger partial charge on any atom is 0.509 e. The maximum absolute atomic E-state index is 11.5. The van der Waals surface area contributed by atoms with E-state index in [9.17, 15) is 4.79 Å². The summed E-state index contributed by atoms with van der Waals surface area (Å²) in [6.45, 7) is 3.09. The van der Waals surface area contributed by atoms with Crippen molar-refractivity contribution in [3.63, 3.8) is 0 Å². The monoisotopic (exact) mass is 223 g/mol. The second-order valence-electron chi connectivity index (χ2n) is 5.81. The molecule has 0 heterocycles. The van der Waals surface area contributed by atoms with E-state index in [1.807, 2.05) is 0 Å². The van der Waals surface area contributed by atoms with Crippen LogP contribution < -0.4 is 0 Å². The van der Waals surface area contributed by atoms with Gasteiger partial charge in [0.1, 0.15) is 12.2 Å². The molecule has 0 aromatic rings. The van der Waals surface area contributed by atoms with Crippen molar-refractivity contribution in [2.45, 2.75) is 51.0 Å². The Morgan fingerprint density at radius 2 is 1.62 bits per heavy atom. The molecule has 4 saturated carbocycles. The molecule has 0 amide bonds. The van der Waals surface area contributed by atoms with Gasteiger partial charge in [-0.15, -0.1) is 0 Å². The maximum atomic E-state index is 11.5. The summed E-state index contributed by atoms with van der Waals surface area (Å²) >= 11 is 0. The summed E-state index contributed by atoms with van der Waals surface area (Å²) in [5.41, 5.74) is -0.172. The fourth-order valence-corrected chi connectivity index (χ4v) is 4.45. The SMILES string of the molecule is C[CH]OC(=O)OC12CC3CC(CC(C3)C1)C2. The van der Waals surface area contributed by atoms with E-state index in [2.05, 4.69) is 0 Å². The van der Waals surface area contributed by atoms with Crippen molar-refractivity contribution in [3.8, 4) is 0 Å². The zero-order valence-corrected chi connectivity index (χ0v) is 9.78. The van der Waals surface area contributed by atoms with Crippen LogP contribution in [-0.2, 0) is 9.47 Å². The van der Waals surface area contributed by atoms with Crippen molar-refractivity contribution in [1.29, 1.82) is 0 Å². The van der Waals surface area contributed by atoms with E-state index in [-0.39, 0.29) is 5.60 Å². The van der Waals surface area contributed by atoms with E-state index in [0.717, 1.165) is 37.0 Å². The first-order valence-electron chi connectivity index (χ1n) is 6.36. The highest BCUT2D eigenvalue weighted by atomic mass is 16.7. The Labute approximate surface area is 96.5 Å². The number of hydrogen-bond donors (Lipinski definition) is 0. The van der Waals surface area contributed by atoms with Crippen LogP contribution in [-0.4, -0.2) is 11.8 Å².